The minimum absolute atomic E-state index is 0.123. The number of rotatable bonds is 4. The molecule has 1 spiro atoms. The van der Waals surface area contributed by atoms with Crippen LogP contribution in [0.25, 0.3) is 0 Å². The van der Waals surface area contributed by atoms with Crippen LogP contribution in [0.3, 0.4) is 0 Å². The average Bonchev–Trinajstić information content (AvgIpc) is 3.03. The van der Waals surface area contributed by atoms with Gasteiger partial charge < -0.3 is 14.5 Å². The Morgan fingerprint density at radius 1 is 1.21 bits per heavy atom. The second-order valence-corrected chi connectivity index (χ2v) is 7.63. The van der Waals surface area contributed by atoms with Gasteiger partial charge in [-0.15, -0.1) is 0 Å². The number of benzene rings is 1. The number of nitrogens with zero attached hydrogens (tertiary/aromatic N) is 4. The highest BCUT2D eigenvalue weighted by atomic mass is 16.6. The van der Waals surface area contributed by atoms with Crippen molar-refractivity contribution in [2.45, 2.75) is 31.3 Å². The Balaban J connectivity index is 1.36. The van der Waals surface area contributed by atoms with Gasteiger partial charge in [-0.2, -0.15) is 0 Å². The smallest absolute Gasteiger partial charge is 0.410 e. The topological polar surface area (TPSA) is 75.6 Å². The van der Waals surface area contributed by atoms with E-state index in [9.17, 15) is 9.59 Å². The normalized spacial score (nSPS) is 19.5. The molecule has 3 heterocycles. The zero-order chi connectivity index (χ0) is 19.6. The van der Waals surface area contributed by atoms with E-state index in [1.54, 1.807) is 16.0 Å². The summed E-state index contributed by atoms with van der Waals surface area (Å²) in [4.78, 5) is 36.6. The van der Waals surface area contributed by atoms with E-state index in [1.165, 1.54) is 18.0 Å². The van der Waals surface area contributed by atoms with Gasteiger partial charge in [0, 0.05) is 44.9 Å². The fourth-order valence-electron chi connectivity index (χ4n) is 4.00. The first-order chi connectivity index (χ1) is 13.6. The third kappa shape index (κ3) is 3.69. The van der Waals surface area contributed by atoms with Crippen LogP contribution < -0.4 is 0 Å². The first-order valence-corrected chi connectivity index (χ1v) is 9.64. The Hall–Kier alpha value is -2.96. The van der Waals surface area contributed by atoms with Gasteiger partial charge >= 0.3 is 6.09 Å². The van der Waals surface area contributed by atoms with Crippen molar-refractivity contribution in [3.05, 3.63) is 60.2 Å². The van der Waals surface area contributed by atoms with Gasteiger partial charge in [0.2, 0.25) is 0 Å². The molecule has 0 unspecified atom stereocenters. The molecule has 146 valence electrons. The zero-order valence-corrected chi connectivity index (χ0v) is 16.0. The molecule has 0 bridgehead atoms. The van der Waals surface area contributed by atoms with E-state index in [0.717, 1.165) is 0 Å². The average molecular weight is 380 g/mol. The molecule has 4 rings (SSSR count). The van der Waals surface area contributed by atoms with Crippen molar-refractivity contribution < 1.29 is 14.3 Å². The van der Waals surface area contributed by atoms with Crippen LogP contribution in [0.4, 0.5) is 4.79 Å². The molecule has 1 atom stereocenters. The molecule has 0 saturated carbocycles. The Morgan fingerprint density at radius 2 is 1.96 bits per heavy atom. The lowest BCUT2D eigenvalue weighted by molar-refractivity contribution is 0.00295. The Labute approximate surface area is 164 Å². The molecule has 1 aromatic heterocycles. The summed E-state index contributed by atoms with van der Waals surface area (Å²) in [7, 11) is 0. The predicted octanol–water partition coefficient (Wildman–Crippen LogP) is 2.71. The Bertz CT molecular complexity index is 835. The molecule has 2 amide bonds. The lowest BCUT2D eigenvalue weighted by Gasteiger charge is -2.37. The first kappa shape index (κ1) is 18.4. The molecular weight excluding hydrogens is 356 g/mol. The van der Waals surface area contributed by atoms with Gasteiger partial charge in [0.1, 0.15) is 11.3 Å². The van der Waals surface area contributed by atoms with Crippen LogP contribution >= 0.6 is 0 Å². The van der Waals surface area contributed by atoms with Crippen LogP contribution in [0, 0.1) is 0 Å². The highest BCUT2D eigenvalue weighted by molar-refractivity contribution is 5.92. The largest absolute Gasteiger partial charge is 0.441 e. The first-order valence-electron chi connectivity index (χ1n) is 9.64. The molecule has 2 aromatic rings. The fourth-order valence-corrected chi connectivity index (χ4v) is 4.00. The maximum Gasteiger partial charge on any atom is 0.410 e. The number of likely N-dealkylation sites (tertiary alicyclic amines) is 1. The van der Waals surface area contributed by atoms with Crippen LogP contribution in [-0.2, 0) is 4.74 Å². The van der Waals surface area contributed by atoms with E-state index in [-0.39, 0.29) is 17.9 Å². The maximum absolute atomic E-state index is 12.5. The Morgan fingerprint density at radius 3 is 2.64 bits per heavy atom. The molecular formula is C21H24N4O3. The highest BCUT2D eigenvalue weighted by Crippen LogP contribution is 2.34. The monoisotopic (exact) mass is 380 g/mol. The van der Waals surface area contributed by atoms with Crippen LogP contribution in [-0.4, -0.2) is 63.5 Å². The SMILES string of the molecule is C[C@@H](CN1CC2(CCN(C(=O)c3cnccn3)CC2)OC1=O)c1ccccc1. The van der Waals surface area contributed by atoms with E-state index >= 15 is 0 Å². The molecule has 2 saturated heterocycles. The molecule has 28 heavy (non-hydrogen) atoms. The van der Waals surface area contributed by atoms with Gasteiger partial charge in [0.05, 0.1) is 12.7 Å². The molecule has 0 aliphatic carbocycles. The number of amides is 2. The van der Waals surface area contributed by atoms with E-state index < -0.39 is 5.60 Å². The summed E-state index contributed by atoms with van der Waals surface area (Å²) in [5.74, 6) is 0.115. The van der Waals surface area contributed by atoms with Gasteiger partial charge in [-0.25, -0.2) is 9.78 Å². The number of piperidine rings is 1. The predicted molar refractivity (Wildman–Crippen MR) is 103 cm³/mol. The number of carbonyl (C=O) groups excluding carboxylic acids is 2. The van der Waals surface area contributed by atoms with Crippen LogP contribution in [0.1, 0.15) is 41.7 Å². The van der Waals surface area contributed by atoms with Gasteiger partial charge in [-0.3, -0.25) is 9.78 Å². The van der Waals surface area contributed by atoms with Gasteiger partial charge in [-0.05, 0) is 11.5 Å². The van der Waals surface area contributed by atoms with Gasteiger partial charge in [-0.1, -0.05) is 37.3 Å². The third-order valence-electron chi connectivity index (χ3n) is 5.65. The Kier molecular flexibility index (Phi) is 4.98. The molecule has 2 aliphatic rings. The third-order valence-corrected chi connectivity index (χ3v) is 5.65. The summed E-state index contributed by atoms with van der Waals surface area (Å²) < 4.78 is 5.79. The lowest BCUT2D eigenvalue weighted by atomic mass is 9.90. The molecule has 0 radical (unpaired) electrons. The summed E-state index contributed by atoms with van der Waals surface area (Å²) in [5, 5.41) is 0. The molecule has 7 heteroatoms. The maximum atomic E-state index is 12.5. The van der Waals surface area contributed by atoms with Crippen molar-refractivity contribution in [1.82, 2.24) is 19.8 Å². The molecule has 7 nitrogen and oxygen atoms in total. The zero-order valence-electron chi connectivity index (χ0n) is 16.0. The molecule has 1 aromatic carbocycles. The number of aromatic nitrogens is 2. The second kappa shape index (κ2) is 7.58. The number of carbonyl (C=O) groups is 2. The summed E-state index contributed by atoms with van der Waals surface area (Å²) >= 11 is 0. The number of hydrogen-bond donors (Lipinski definition) is 0. The van der Waals surface area contributed by atoms with Gasteiger partial charge in [0.25, 0.3) is 5.91 Å². The summed E-state index contributed by atoms with van der Waals surface area (Å²) in [5.41, 5.74) is 1.06. The van der Waals surface area contributed by atoms with E-state index in [4.69, 9.17) is 4.74 Å². The summed E-state index contributed by atoms with van der Waals surface area (Å²) in [6.45, 7) is 4.42. The molecule has 2 aliphatic heterocycles. The van der Waals surface area contributed by atoms with Gasteiger partial charge in [0.15, 0.2) is 0 Å². The van der Waals surface area contributed by atoms with E-state index in [2.05, 4.69) is 29.0 Å². The van der Waals surface area contributed by atoms with Crippen molar-refractivity contribution in [3.8, 4) is 0 Å². The van der Waals surface area contributed by atoms with Crippen LogP contribution in [0.5, 0.6) is 0 Å². The van der Waals surface area contributed by atoms with Crippen LogP contribution in [0.2, 0.25) is 0 Å². The lowest BCUT2D eigenvalue weighted by Crippen LogP contribution is -2.49. The standard InChI is InChI=1S/C21H24N4O3/c1-16(17-5-3-2-4-6-17)14-25-15-21(28-20(25)27)7-11-24(12-8-21)19(26)18-13-22-9-10-23-18/h2-6,9-10,13,16H,7-8,11-12,14-15H2,1H3/t16-/m0/s1. The van der Waals surface area contributed by atoms with Crippen molar-refractivity contribution >= 4 is 12.0 Å². The minimum Gasteiger partial charge on any atom is -0.441 e. The second-order valence-electron chi connectivity index (χ2n) is 7.63. The van der Waals surface area contributed by atoms with Crippen molar-refractivity contribution in [2.24, 2.45) is 0 Å². The summed E-state index contributed by atoms with van der Waals surface area (Å²) in [6, 6.07) is 10.2. The van der Waals surface area contributed by atoms with E-state index in [1.807, 2.05) is 18.2 Å². The summed E-state index contributed by atoms with van der Waals surface area (Å²) in [6.07, 6.45) is 5.57. The number of hydrogen-bond acceptors (Lipinski definition) is 5. The highest BCUT2D eigenvalue weighted by Gasteiger charge is 2.47. The molecule has 2 fully saturated rings. The quantitative estimate of drug-likeness (QED) is 0.815. The fraction of sp³-hybridized carbons (Fsp3) is 0.429. The van der Waals surface area contributed by atoms with Crippen LogP contribution in [0.15, 0.2) is 48.9 Å². The van der Waals surface area contributed by atoms with E-state index in [0.29, 0.717) is 44.7 Å². The van der Waals surface area contributed by atoms with Crippen molar-refractivity contribution in [1.29, 1.82) is 0 Å². The van der Waals surface area contributed by atoms with Crippen molar-refractivity contribution in [3.63, 3.8) is 0 Å². The number of ether oxygens (including phenoxy) is 1. The minimum atomic E-state index is -0.493. The molecule has 0 N–H and O–H groups in total. The van der Waals surface area contributed by atoms with Crippen molar-refractivity contribution in [2.75, 3.05) is 26.2 Å².